The van der Waals surface area contributed by atoms with Crippen molar-refractivity contribution >= 4 is 17.6 Å². The molecule has 0 saturated heterocycles. The summed E-state index contributed by atoms with van der Waals surface area (Å²) in [7, 11) is 0. The van der Waals surface area contributed by atoms with Crippen molar-refractivity contribution in [3.63, 3.8) is 0 Å². The Hall–Kier alpha value is -2.82. The Labute approximate surface area is 139 Å². The summed E-state index contributed by atoms with van der Waals surface area (Å²) in [4.78, 5) is 26.3. The first kappa shape index (κ1) is 14.8. The summed E-state index contributed by atoms with van der Waals surface area (Å²) in [6.45, 7) is 0.679. The molecule has 0 fully saturated rings. The molecule has 0 aliphatic carbocycles. The summed E-state index contributed by atoms with van der Waals surface area (Å²) in [5, 5.41) is 9.47. The molecule has 2 heterocycles. The van der Waals surface area contributed by atoms with Gasteiger partial charge in [-0.05, 0) is 24.1 Å². The number of nitrogens with zero attached hydrogens (tertiary/aromatic N) is 1. The lowest BCUT2D eigenvalue weighted by molar-refractivity contribution is -0.138. The highest BCUT2D eigenvalue weighted by atomic mass is 16.5. The number of ether oxygens (including phenoxy) is 1. The van der Waals surface area contributed by atoms with Crippen LogP contribution >= 0.6 is 0 Å². The van der Waals surface area contributed by atoms with Gasteiger partial charge in [0.05, 0.1) is 12.5 Å². The summed E-state index contributed by atoms with van der Waals surface area (Å²) in [5.74, 6) is -1.17. The molecule has 24 heavy (non-hydrogen) atoms. The molecule has 0 saturated carbocycles. The molecule has 4 rings (SSSR count). The minimum absolute atomic E-state index is 0.0537. The SMILES string of the molecule is O=C(O)C1CN(C(=O)C2CCOc3ccccc32)c2ccccc21. The summed E-state index contributed by atoms with van der Waals surface area (Å²) in [6, 6.07) is 14.8. The Balaban J connectivity index is 1.71. The van der Waals surface area contributed by atoms with Gasteiger partial charge in [-0.25, -0.2) is 0 Å². The highest BCUT2D eigenvalue weighted by molar-refractivity contribution is 6.02. The fourth-order valence-electron chi connectivity index (χ4n) is 3.61. The van der Waals surface area contributed by atoms with E-state index in [4.69, 9.17) is 4.74 Å². The predicted octanol–water partition coefficient (Wildman–Crippen LogP) is 2.77. The summed E-state index contributed by atoms with van der Waals surface area (Å²) in [6.07, 6.45) is 0.603. The van der Waals surface area contributed by atoms with Crippen LogP contribution in [0.15, 0.2) is 48.5 Å². The molecule has 5 heteroatoms. The van der Waals surface area contributed by atoms with Crippen molar-refractivity contribution in [2.24, 2.45) is 0 Å². The zero-order valence-electron chi connectivity index (χ0n) is 13.0. The summed E-state index contributed by atoms with van der Waals surface area (Å²) >= 11 is 0. The minimum Gasteiger partial charge on any atom is -0.493 e. The molecule has 0 bridgehead atoms. The molecule has 2 aliphatic heterocycles. The van der Waals surface area contributed by atoms with Crippen LogP contribution in [0.3, 0.4) is 0 Å². The van der Waals surface area contributed by atoms with Crippen LogP contribution in [0.2, 0.25) is 0 Å². The fourth-order valence-corrected chi connectivity index (χ4v) is 3.61. The second-order valence-corrected chi connectivity index (χ2v) is 6.13. The molecule has 1 amide bonds. The van der Waals surface area contributed by atoms with E-state index in [0.29, 0.717) is 24.3 Å². The normalized spacial score (nSPS) is 21.6. The van der Waals surface area contributed by atoms with E-state index < -0.39 is 11.9 Å². The Morgan fingerprint density at radius 1 is 1.00 bits per heavy atom. The average Bonchev–Trinajstić information content (AvgIpc) is 3.00. The van der Waals surface area contributed by atoms with E-state index >= 15 is 0 Å². The van der Waals surface area contributed by atoms with E-state index in [1.807, 2.05) is 42.5 Å². The van der Waals surface area contributed by atoms with Gasteiger partial charge in [0.15, 0.2) is 0 Å². The van der Waals surface area contributed by atoms with Crippen LogP contribution in [-0.4, -0.2) is 30.1 Å². The van der Waals surface area contributed by atoms with E-state index in [9.17, 15) is 14.7 Å². The topological polar surface area (TPSA) is 66.8 Å². The van der Waals surface area contributed by atoms with Crippen molar-refractivity contribution < 1.29 is 19.4 Å². The van der Waals surface area contributed by atoms with Gasteiger partial charge in [-0.15, -0.1) is 0 Å². The van der Waals surface area contributed by atoms with Crippen LogP contribution < -0.4 is 9.64 Å². The molecule has 2 unspecified atom stereocenters. The van der Waals surface area contributed by atoms with Gasteiger partial charge < -0.3 is 14.7 Å². The number of para-hydroxylation sites is 2. The number of fused-ring (bicyclic) bond motifs is 2. The number of anilines is 1. The van der Waals surface area contributed by atoms with Gasteiger partial charge in [0.2, 0.25) is 5.91 Å². The van der Waals surface area contributed by atoms with Crippen LogP contribution in [0, 0.1) is 0 Å². The van der Waals surface area contributed by atoms with Crippen LogP contribution in [0.1, 0.15) is 29.4 Å². The quantitative estimate of drug-likeness (QED) is 0.923. The first-order valence-corrected chi connectivity index (χ1v) is 8.01. The molecular weight excluding hydrogens is 306 g/mol. The average molecular weight is 323 g/mol. The van der Waals surface area contributed by atoms with Crippen LogP contribution in [0.4, 0.5) is 5.69 Å². The maximum absolute atomic E-state index is 13.2. The van der Waals surface area contributed by atoms with Crippen LogP contribution in [-0.2, 0) is 9.59 Å². The second kappa shape index (κ2) is 5.67. The standard InChI is InChI=1S/C19H17NO4/c21-18(14-9-10-24-17-8-4-2-6-13(14)17)20-11-15(19(22)23)12-5-1-3-7-16(12)20/h1-8,14-15H,9-11H2,(H,22,23). The van der Waals surface area contributed by atoms with E-state index in [1.165, 1.54) is 0 Å². The molecule has 0 aromatic heterocycles. The molecule has 0 radical (unpaired) electrons. The van der Waals surface area contributed by atoms with Crippen molar-refractivity contribution in [3.8, 4) is 5.75 Å². The third-order valence-electron chi connectivity index (χ3n) is 4.79. The molecule has 2 atom stereocenters. The molecule has 1 N–H and O–H groups in total. The molecule has 2 aliphatic rings. The lowest BCUT2D eigenvalue weighted by Crippen LogP contribution is -2.37. The Bertz CT molecular complexity index is 817. The van der Waals surface area contributed by atoms with Crippen LogP contribution in [0.25, 0.3) is 0 Å². The number of hydrogen-bond donors (Lipinski definition) is 1. The third kappa shape index (κ3) is 2.24. The number of carboxylic acids is 1. The van der Waals surface area contributed by atoms with Gasteiger partial charge in [-0.1, -0.05) is 36.4 Å². The van der Waals surface area contributed by atoms with Gasteiger partial charge in [-0.2, -0.15) is 0 Å². The number of carboxylic acid groups (broad SMARTS) is 1. The monoisotopic (exact) mass is 323 g/mol. The second-order valence-electron chi connectivity index (χ2n) is 6.13. The fraction of sp³-hybridized carbons (Fsp3) is 0.263. The maximum atomic E-state index is 13.2. The summed E-state index contributed by atoms with van der Waals surface area (Å²) in [5.41, 5.74) is 2.29. The smallest absolute Gasteiger partial charge is 0.312 e. The summed E-state index contributed by atoms with van der Waals surface area (Å²) < 4.78 is 5.63. The first-order valence-electron chi connectivity index (χ1n) is 8.01. The zero-order chi connectivity index (χ0) is 16.7. The van der Waals surface area contributed by atoms with Crippen molar-refractivity contribution in [1.29, 1.82) is 0 Å². The molecule has 122 valence electrons. The number of carbonyl (C=O) groups excluding carboxylic acids is 1. The molecule has 2 aromatic rings. The van der Waals surface area contributed by atoms with Crippen molar-refractivity contribution in [2.45, 2.75) is 18.3 Å². The molecular formula is C19H17NO4. The Morgan fingerprint density at radius 3 is 2.50 bits per heavy atom. The molecule has 5 nitrogen and oxygen atoms in total. The number of amides is 1. The van der Waals surface area contributed by atoms with E-state index in [1.54, 1.807) is 11.0 Å². The van der Waals surface area contributed by atoms with E-state index in [-0.39, 0.29) is 18.4 Å². The third-order valence-corrected chi connectivity index (χ3v) is 4.79. The predicted molar refractivity (Wildman–Crippen MR) is 88.5 cm³/mol. The lowest BCUT2D eigenvalue weighted by atomic mass is 9.92. The largest absolute Gasteiger partial charge is 0.493 e. The maximum Gasteiger partial charge on any atom is 0.312 e. The van der Waals surface area contributed by atoms with Crippen molar-refractivity contribution in [2.75, 3.05) is 18.1 Å². The Kier molecular flexibility index (Phi) is 3.49. The zero-order valence-corrected chi connectivity index (χ0v) is 13.0. The minimum atomic E-state index is -0.898. The van der Waals surface area contributed by atoms with E-state index in [0.717, 1.165) is 11.3 Å². The first-order chi connectivity index (χ1) is 11.7. The highest BCUT2D eigenvalue weighted by Crippen LogP contribution is 2.41. The number of rotatable bonds is 2. The van der Waals surface area contributed by atoms with E-state index in [2.05, 4.69) is 0 Å². The highest BCUT2D eigenvalue weighted by Gasteiger charge is 2.40. The number of hydrogen-bond acceptors (Lipinski definition) is 3. The van der Waals surface area contributed by atoms with Gasteiger partial charge in [-0.3, -0.25) is 9.59 Å². The Morgan fingerprint density at radius 2 is 1.71 bits per heavy atom. The van der Waals surface area contributed by atoms with Gasteiger partial charge in [0.25, 0.3) is 0 Å². The number of carbonyl (C=O) groups is 2. The lowest BCUT2D eigenvalue weighted by Gasteiger charge is -2.29. The van der Waals surface area contributed by atoms with Gasteiger partial charge >= 0.3 is 5.97 Å². The van der Waals surface area contributed by atoms with Gasteiger partial charge in [0, 0.05) is 17.8 Å². The number of benzene rings is 2. The van der Waals surface area contributed by atoms with Crippen LogP contribution in [0.5, 0.6) is 5.75 Å². The number of aliphatic carboxylic acids is 1. The molecule has 2 aromatic carbocycles. The van der Waals surface area contributed by atoms with Gasteiger partial charge in [0.1, 0.15) is 11.7 Å². The van der Waals surface area contributed by atoms with Crippen molar-refractivity contribution in [1.82, 2.24) is 0 Å². The molecule has 0 spiro atoms. The van der Waals surface area contributed by atoms with Crippen molar-refractivity contribution in [3.05, 3.63) is 59.7 Å².